The minimum absolute atomic E-state index is 0.725. The molecule has 1 heterocycles. The van der Waals surface area contributed by atoms with Gasteiger partial charge in [-0.1, -0.05) is 24.3 Å². The second-order valence-electron chi connectivity index (χ2n) is 6.72. The lowest BCUT2D eigenvalue weighted by atomic mass is 9.77. The Hall–Kier alpha value is -0.860. The van der Waals surface area contributed by atoms with Gasteiger partial charge in [-0.15, -0.1) is 0 Å². The minimum atomic E-state index is 0.725. The van der Waals surface area contributed by atoms with Crippen LogP contribution >= 0.6 is 0 Å². The maximum atomic E-state index is 3.83. The summed E-state index contributed by atoms with van der Waals surface area (Å²) in [6.45, 7) is 4.85. The monoisotopic (exact) mass is 256 g/mol. The van der Waals surface area contributed by atoms with Gasteiger partial charge in [0.25, 0.3) is 0 Å². The molecule has 1 aliphatic heterocycles. The van der Waals surface area contributed by atoms with Crippen molar-refractivity contribution in [2.75, 3.05) is 13.1 Å². The normalized spacial score (nSPS) is 34.1. The van der Waals surface area contributed by atoms with Crippen LogP contribution in [0.5, 0.6) is 0 Å². The van der Waals surface area contributed by atoms with Crippen LogP contribution in [-0.4, -0.2) is 36.1 Å². The minimum Gasteiger partial charge on any atom is -0.312 e. The Morgan fingerprint density at radius 1 is 1.26 bits per heavy atom. The lowest BCUT2D eigenvalue weighted by molar-refractivity contribution is 0.255. The summed E-state index contributed by atoms with van der Waals surface area (Å²) in [7, 11) is 0. The Bertz CT molecular complexity index is 466. The predicted molar refractivity (Wildman–Crippen MR) is 78.5 cm³/mol. The first-order valence-electron chi connectivity index (χ1n) is 7.88. The Morgan fingerprint density at radius 2 is 2.11 bits per heavy atom. The van der Waals surface area contributed by atoms with Crippen molar-refractivity contribution in [3.63, 3.8) is 0 Å². The van der Waals surface area contributed by atoms with Crippen LogP contribution in [0.15, 0.2) is 24.3 Å². The van der Waals surface area contributed by atoms with Crippen molar-refractivity contribution in [1.82, 2.24) is 10.2 Å². The molecule has 0 spiro atoms. The van der Waals surface area contributed by atoms with Crippen LogP contribution in [0.2, 0.25) is 0 Å². The predicted octanol–water partition coefficient (Wildman–Crippen LogP) is 2.54. The fourth-order valence-electron chi connectivity index (χ4n) is 3.97. The number of fused-ring (bicyclic) bond motifs is 1. The molecule has 3 atom stereocenters. The van der Waals surface area contributed by atoms with E-state index in [1.54, 1.807) is 11.1 Å². The Morgan fingerprint density at radius 3 is 2.89 bits per heavy atom. The number of nitrogens with one attached hydrogen (secondary N) is 1. The molecule has 1 N–H and O–H groups in total. The van der Waals surface area contributed by atoms with Crippen molar-refractivity contribution in [2.45, 2.75) is 56.7 Å². The summed E-state index contributed by atoms with van der Waals surface area (Å²) in [6.07, 6.45) is 5.49. The molecule has 2 aliphatic carbocycles. The fraction of sp³-hybridized carbons (Fsp3) is 0.647. The molecular formula is C17H24N2. The van der Waals surface area contributed by atoms with Crippen LogP contribution in [-0.2, 0) is 6.42 Å². The van der Waals surface area contributed by atoms with E-state index in [9.17, 15) is 0 Å². The van der Waals surface area contributed by atoms with E-state index in [1.807, 2.05) is 0 Å². The highest BCUT2D eigenvalue weighted by molar-refractivity contribution is 5.40. The summed E-state index contributed by atoms with van der Waals surface area (Å²) >= 11 is 0. The molecule has 1 saturated heterocycles. The standard InChI is InChI=1S/C17H24N2/c1-12-8-15(11-19(12)16-6-7-16)18-10-14-9-13-4-2-3-5-17(13)14/h2-5,12,14-16,18H,6-11H2,1H3. The number of hydrogen-bond donors (Lipinski definition) is 1. The van der Waals surface area contributed by atoms with Gasteiger partial charge in [0.1, 0.15) is 0 Å². The van der Waals surface area contributed by atoms with Gasteiger partial charge in [-0.2, -0.15) is 0 Å². The van der Waals surface area contributed by atoms with E-state index in [1.165, 1.54) is 38.8 Å². The number of nitrogens with zero attached hydrogens (tertiary/aromatic N) is 1. The molecule has 1 saturated carbocycles. The van der Waals surface area contributed by atoms with Crippen LogP contribution < -0.4 is 5.32 Å². The first-order valence-corrected chi connectivity index (χ1v) is 7.88. The highest BCUT2D eigenvalue weighted by Crippen LogP contribution is 2.35. The zero-order valence-electron chi connectivity index (χ0n) is 11.8. The maximum absolute atomic E-state index is 3.83. The average Bonchev–Trinajstić information content (AvgIpc) is 3.15. The van der Waals surface area contributed by atoms with E-state index in [2.05, 4.69) is 41.4 Å². The quantitative estimate of drug-likeness (QED) is 0.890. The van der Waals surface area contributed by atoms with E-state index >= 15 is 0 Å². The highest BCUT2D eigenvalue weighted by atomic mass is 15.3. The van der Waals surface area contributed by atoms with Gasteiger partial charge < -0.3 is 5.32 Å². The third-order valence-electron chi connectivity index (χ3n) is 5.25. The number of hydrogen-bond acceptors (Lipinski definition) is 2. The van der Waals surface area contributed by atoms with Gasteiger partial charge in [0.05, 0.1) is 0 Å². The van der Waals surface area contributed by atoms with E-state index in [4.69, 9.17) is 0 Å². The zero-order valence-corrected chi connectivity index (χ0v) is 11.8. The van der Waals surface area contributed by atoms with Gasteiger partial charge in [-0.25, -0.2) is 0 Å². The van der Waals surface area contributed by atoms with E-state index in [0.717, 1.165) is 24.0 Å². The van der Waals surface area contributed by atoms with Crippen molar-refractivity contribution < 1.29 is 0 Å². The highest BCUT2D eigenvalue weighted by Gasteiger charge is 2.38. The van der Waals surface area contributed by atoms with Crippen molar-refractivity contribution in [3.8, 4) is 0 Å². The lowest BCUT2D eigenvalue weighted by Crippen LogP contribution is -2.38. The maximum Gasteiger partial charge on any atom is 0.0210 e. The topological polar surface area (TPSA) is 15.3 Å². The summed E-state index contributed by atoms with van der Waals surface area (Å²) in [5.74, 6) is 0.765. The van der Waals surface area contributed by atoms with Crippen LogP contribution in [0, 0.1) is 0 Å². The molecule has 3 aliphatic rings. The zero-order chi connectivity index (χ0) is 12.8. The van der Waals surface area contributed by atoms with Gasteiger partial charge in [0, 0.05) is 37.1 Å². The third kappa shape index (κ3) is 2.21. The van der Waals surface area contributed by atoms with E-state index in [0.29, 0.717) is 0 Å². The molecule has 0 aromatic heterocycles. The summed E-state index contributed by atoms with van der Waals surface area (Å²) < 4.78 is 0. The molecule has 0 radical (unpaired) electrons. The van der Waals surface area contributed by atoms with Crippen molar-refractivity contribution in [3.05, 3.63) is 35.4 Å². The van der Waals surface area contributed by atoms with Gasteiger partial charge in [0.2, 0.25) is 0 Å². The molecule has 0 bridgehead atoms. The second-order valence-corrected chi connectivity index (χ2v) is 6.72. The number of benzene rings is 1. The summed E-state index contributed by atoms with van der Waals surface area (Å²) in [6, 6.07) is 11.4. The summed E-state index contributed by atoms with van der Waals surface area (Å²) in [5.41, 5.74) is 3.15. The van der Waals surface area contributed by atoms with Crippen LogP contribution in [0.3, 0.4) is 0 Å². The molecule has 4 rings (SSSR count). The van der Waals surface area contributed by atoms with Gasteiger partial charge in [0.15, 0.2) is 0 Å². The Balaban J connectivity index is 1.30. The third-order valence-corrected chi connectivity index (χ3v) is 5.25. The largest absolute Gasteiger partial charge is 0.312 e. The van der Waals surface area contributed by atoms with Gasteiger partial charge in [-0.3, -0.25) is 4.90 Å². The fourth-order valence-corrected chi connectivity index (χ4v) is 3.97. The van der Waals surface area contributed by atoms with Gasteiger partial charge in [-0.05, 0) is 43.7 Å². The first-order chi connectivity index (χ1) is 9.31. The van der Waals surface area contributed by atoms with Crippen molar-refractivity contribution in [2.24, 2.45) is 0 Å². The van der Waals surface area contributed by atoms with Crippen molar-refractivity contribution in [1.29, 1.82) is 0 Å². The molecule has 1 aromatic carbocycles. The average molecular weight is 256 g/mol. The smallest absolute Gasteiger partial charge is 0.0210 e. The van der Waals surface area contributed by atoms with E-state index in [-0.39, 0.29) is 0 Å². The first kappa shape index (κ1) is 11.9. The molecular weight excluding hydrogens is 232 g/mol. The molecule has 19 heavy (non-hydrogen) atoms. The Kier molecular flexibility index (Phi) is 2.89. The van der Waals surface area contributed by atoms with Crippen LogP contribution in [0.4, 0.5) is 0 Å². The molecule has 102 valence electrons. The number of rotatable bonds is 4. The molecule has 2 heteroatoms. The molecule has 2 fully saturated rings. The Labute approximate surface area is 116 Å². The summed E-state index contributed by atoms with van der Waals surface area (Å²) in [5, 5.41) is 3.83. The number of likely N-dealkylation sites (tertiary alicyclic amines) is 1. The van der Waals surface area contributed by atoms with E-state index < -0.39 is 0 Å². The molecule has 0 amide bonds. The van der Waals surface area contributed by atoms with Crippen LogP contribution in [0.25, 0.3) is 0 Å². The molecule has 3 unspecified atom stereocenters. The SMILES string of the molecule is CC1CC(NCC2Cc3ccccc32)CN1C1CC1. The van der Waals surface area contributed by atoms with Crippen LogP contribution in [0.1, 0.15) is 43.2 Å². The molecule has 2 nitrogen and oxygen atoms in total. The van der Waals surface area contributed by atoms with Gasteiger partial charge >= 0.3 is 0 Å². The molecule has 1 aromatic rings. The lowest BCUT2D eigenvalue weighted by Gasteiger charge is -2.31. The second kappa shape index (κ2) is 4.60. The van der Waals surface area contributed by atoms with Crippen molar-refractivity contribution >= 4 is 0 Å². The summed E-state index contributed by atoms with van der Waals surface area (Å²) in [4.78, 5) is 2.73.